The van der Waals surface area contributed by atoms with E-state index in [2.05, 4.69) is 12.2 Å². The molecule has 0 saturated carbocycles. The molecule has 0 aliphatic heterocycles. The summed E-state index contributed by atoms with van der Waals surface area (Å²) in [5.74, 6) is 0.495. The van der Waals surface area contributed by atoms with Gasteiger partial charge in [0.15, 0.2) is 0 Å². The fourth-order valence-corrected chi connectivity index (χ4v) is 1.99. The molecule has 0 saturated heterocycles. The Hall–Kier alpha value is -1.75. The highest BCUT2D eigenvalue weighted by molar-refractivity contribution is 5.95. The van der Waals surface area contributed by atoms with Crippen LogP contribution < -0.4 is 15.8 Å². The van der Waals surface area contributed by atoms with Crippen LogP contribution in [0.2, 0.25) is 0 Å². The molecule has 1 amide bonds. The van der Waals surface area contributed by atoms with Gasteiger partial charge < -0.3 is 20.7 Å². The maximum Gasteiger partial charge on any atom is 0.251 e. The maximum absolute atomic E-state index is 12.1. The second-order valence-electron chi connectivity index (χ2n) is 5.72. The smallest absolute Gasteiger partial charge is 0.251 e. The van der Waals surface area contributed by atoms with Gasteiger partial charge >= 0.3 is 0 Å². The van der Waals surface area contributed by atoms with Gasteiger partial charge in [-0.25, -0.2) is 0 Å². The third-order valence-electron chi connectivity index (χ3n) is 3.39. The molecule has 0 atom stereocenters. The minimum Gasteiger partial charge on any atom is -0.490 e. The zero-order valence-electron chi connectivity index (χ0n) is 14.0. The van der Waals surface area contributed by atoms with Gasteiger partial charge in [0.2, 0.25) is 0 Å². The third-order valence-corrected chi connectivity index (χ3v) is 3.39. The molecular weight excluding hydrogens is 278 g/mol. The zero-order chi connectivity index (χ0) is 16.4. The highest BCUT2D eigenvalue weighted by Crippen LogP contribution is 2.22. The highest BCUT2D eigenvalue weighted by Gasteiger charge is 2.09. The molecule has 0 aliphatic rings. The van der Waals surface area contributed by atoms with E-state index < -0.39 is 0 Å². The van der Waals surface area contributed by atoms with Crippen molar-refractivity contribution < 1.29 is 9.53 Å². The number of ether oxygens (including phenoxy) is 1. The predicted octanol–water partition coefficient (Wildman–Crippen LogP) is 2.52. The number of amides is 1. The van der Waals surface area contributed by atoms with Crippen LogP contribution in [0.5, 0.6) is 5.75 Å². The van der Waals surface area contributed by atoms with Gasteiger partial charge in [-0.2, -0.15) is 0 Å². The first-order valence-electron chi connectivity index (χ1n) is 7.99. The van der Waals surface area contributed by atoms with E-state index in [4.69, 9.17) is 10.5 Å². The molecule has 0 radical (unpaired) electrons. The van der Waals surface area contributed by atoms with Crippen molar-refractivity contribution in [1.29, 1.82) is 0 Å². The lowest BCUT2D eigenvalue weighted by molar-refractivity contribution is 0.0952. The quantitative estimate of drug-likeness (QED) is 0.515. The summed E-state index contributed by atoms with van der Waals surface area (Å²) in [6, 6.07) is 5.17. The van der Waals surface area contributed by atoms with E-state index in [1.165, 1.54) is 12.8 Å². The van der Waals surface area contributed by atoms with Gasteiger partial charge in [0.25, 0.3) is 5.91 Å². The van der Waals surface area contributed by atoms with E-state index in [1.54, 1.807) is 18.2 Å². The highest BCUT2D eigenvalue weighted by atomic mass is 16.5. The monoisotopic (exact) mass is 307 g/mol. The van der Waals surface area contributed by atoms with Crippen LogP contribution in [0.25, 0.3) is 0 Å². The lowest BCUT2D eigenvalue weighted by atomic mass is 10.1. The van der Waals surface area contributed by atoms with Crippen LogP contribution in [0.1, 0.15) is 43.0 Å². The number of carbonyl (C=O) groups excluding carboxylic acids is 1. The van der Waals surface area contributed by atoms with E-state index in [0.717, 1.165) is 19.4 Å². The average Bonchev–Trinajstić information content (AvgIpc) is 2.48. The molecule has 3 N–H and O–H groups in total. The van der Waals surface area contributed by atoms with E-state index in [9.17, 15) is 4.79 Å². The number of nitrogen functional groups attached to an aromatic ring is 1. The molecule has 0 spiro atoms. The van der Waals surface area contributed by atoms with Gasteiger partial charge in [0.05, 0.1) is 5.69 Å². The number of benzene rings is 1. The third kappa shape index (κ3) is 6.80. The number of rotatable bonds is 10. The van der Waals surface area contributed by atoms with E-state index in [1.807, 2.05) is 19.0 Å². The van der Waals surface area contributed by atoms with Crippen LogP contribution in [-0.2, 0) is 0 Å². The van der Waals surface area contributed by atoms with Crippen molar-refractivity contribution in [2.24, 2.45) is 0 Å². The Bertz CT molecular complexity index is 461. The number of unbranched alkanes of at least 4 members (excludes halogenated alkanes) is 3. The van der Waals surface area contributed by atoms with Crippen LogP contribution in [-0.4, -0.2) is 44.6 Å². The number of likely N-dealkylation sites (N-methyl/N-ethyl adjacent to an activating group) is 1. The fraction of sp³-hybridized carbons (Fsp3) is 0.588. The van der Waals surface area contributed by atoms with Crippen molar-refractivity contribution in [1.82, 2.24) is 10.2 Å². The molecule has 5 heteroatoms. The van der Waals surface area contributed by atoms with Gasteiger partial charge in [0, 0.05) is 18.7 Å². The minimum absolute atomic E-state index is 0.0750. The normalized spacial score (nSPS) is 10.7. The van der Waals surface area contributed by atoms with Gasteiger partial charge in [0.1, 0.15) is 12.4 Å². The summed E-state index contributed by atoms with van der Waals surface area (Å²) in [6.07, 6.45) is 4.57. The summed E-state index contributed by atoms with van der Waals surface area (Å²) in [5, 5.41) is 2.94. The van der Waals surface area contributed by atoms with Crippen molar-refractivity contribution in [2.45, 2.75) is 32.6 Å². The van der Waals surface area contributed by atoms with E-state index in [0.29, 0.717) is 30.2 Å². The van der Waals surface area contributed by atoms with Crippen molar-refractivity contribution in [2.75, 3.05) is 39.5 Å². The molecule has 1 aromatic carbocycles. The lowest BCUT2D eigenvalue weighted by Crippen LogP contribution is -2.24. The lowest BCUT2D eigenvalue weighted by Gasteiger charge is -2.13. The standard InChI is InChI=1S/C17H29N3O2/c1-4-5-6-7-10-19-17(21)14-8-9-15(18)16(13-14)22-12-11-20(2)3/h8-9,13H,4-7,10-12,18H2,1-3H3,(H,19,21). The van der Waals surface area contributed by atoms with Gasteiger partial charge in [-0.15, -0.1) is 0 Å². The van der Waals surface area contributed by atoms with Crippen molar-refractivity contribution >= 4 is 11.6 Å². The first kappa shape index (κ1) is 18.3. The second-order valence-corrected chi connectivity index (χ2v) is 5.72. The molecular formula is C17H29N3O2. The van der Waals surface area contributed by atoms with Crippen LogP contribution in [0.15, 0.2) is 18.2 Å². The van der Waals surface area contributed by atoms with Crippen LogP contribution >= 0.6 is 0 Å². The predicted molar refractivity (Wildman–Crippen MR) is 91.4 cm³/mol. The minimum atomic E-state index is -0.0750. The molecule has 124 valence electrons. The summed E-state index contributed by atoms with van der Waals surface area (Å²) >= 11 is 0. The molecule has 0 heterocycles. The number of hydrogen-bond acceptors (Lipinski definition) is 4. The van der Waals surface area contributed by atoms with Crippen LogP contribution in [0.3, 0.4) is 0 Å². The number of nitrogens with one attached hydrogen (secondary N) is 1. The first-order valence-corrected chi connectivity index (χ1v) is 7.99. The van der Waals surface area contributed by atoms with Crippen LogP contribution in [0.4, 0.5) is 5.69 Å². The van der Waals surface area contributed by atoms with Crippen molar-refractivity contribution in [3.05, 3.63) is 23.8 Å². The summed E-state index contributed by atoms with van der Waals surface area (Å²) < 4.78 is 5.65. The Morgan fingerprint density at radius 1 is 1.27 bits per heavy atom. The molecule has 5 nitrogen and oxygen atoms in total. The van der Waals surface area contributed by atoms with Gasteiger partial charge in [-0.1, -0.05) is 26.2 Å². The van der Waals surface area contributed by atoms with Crippen LogP contribution in [0, 0.1) is 0 Å². The first-order chi connectivity index (χ1) is 10.5. The SMILES string of the molecule is CCCCCCNC(=O)c1ccc(N)c(OCCN(C)C)c1. The number of anilines is 1. The van der Waals surface area contributed by atoms with E-state index >= 15 is 0 Å². The summed E-state index contributed by atoms with van der Waals surface area (Å²) in [7, 11) is 3.96. The Kier molecular flexibility index (Phi) is 8.36. The molecule has 1 rings (SSSR count). The Morgan fingerprint density at radius 2 is 2.05 bits per heavy atom. The van der Waals surface area contributed by atoms with E-state index in [-0.39, 0.29) is 5.91 Å². The molecule has 0 aliphatic carbocycles. The molecule has 0 bridgehead atoms. The molecule has 22 heavy (non-hydrogen) atoms. The summed E-state index contributed by atoms with van der Waals surface area (Å²) in [5.41, 5.74) is 7.03. The number of carbonyl (C=O) groups is 1. The molecule has 0 aromatic heterocycles. The van der Waals surface area contributed by atoms with Gasteiger partial charge in [-0.3, -0.25) is 4.79 Å². The number of hydrogen-bond donors (Lipinski definition) is 2. The largest absolute Gasteiger partial charge is 0.490 e. The number of nitrogens with two attached hydrogens (primary N) is 1. The summed E-state index contributed by atoms with van der Waals surface area (Å²) in [4.78, 5) is 14.1. The Labute approximate surface area is 133 Å². The maximum atomic E-state index is 12.1. The molecule has 0 unspecified atom stereocenters. The van der Waals surface area contributed by atoms with Crippen molar-refractivity contribution in [3.8, 4) is 5.75 Å². The second kappa shape index (κ2) is 10.1. The molecule has 0 fully saturated rings. The summed E-state index contributed by atoms with van der Waals surface area (Å²) in [6.45, 7) is 4.22. The zero-order valence-corrected chi connectivity index (χ0v) is 14.0. The Balaban J connectivity index is 2.50. The molecule has 1 aromatic rings. The topological polar surface area (TPSA) is 67.6 Å². The average molecular weight is 307 g/mol. The fourth-order valence-electron chi connectivity index (χ4n) is 1.99. The number of nitrogens with zero attached hydrogens (tertiary/aromatic N) is 1. The van der Waals surface area contributed by atoms with Gasteiger partial charge in [-0.05, 0) is 38.7 Å². The Morgan fingerprint density at radius 3 is 2.73 bits per heavy atom. The van der Waals surface area contributed by atoms with Crippen molar-refractivity contribution in [3.63, 3.8) is 0 Å².